The van der Waals surface area contributed by atoms with E-state index in [2.05, 4.69) is 20.4 Å². The summed E-state index contributed by atoms with van der Waals surface area (Å²) < 4.78 is 0. The zero-order valence-corrected chi connectivity index (χ0v) is 12.9. The number of hydrogen-bond acceptors (Lipinski definition) is 5. The SMILES string of the molecule is O=C(NC[C@H]1CCCC[C@@H]1O)c1ccc(N2CCCC2)nn1. The molecule has 1 saturated heterocycles. The van der Waals surface area contributed by atoms with Gasteiger partial charge in [0.15, 0.2) is 11.5 Å². The van der Waals surface area contributed by atoms with Gasteiger partial charge in [-0.15, -0.1) is 10.2 Å². The van der Waals surface area contributed by atoms with E-state index in [0.717, 1.165) is 44.6 Å². The lowest BCUT2D eigenvalue weighted by atomic mass is 9.86. The van der Waals surface area contributed by atoms with Gasteiger partial charge in [-0.2, -0.15) is 0 Å². The van der Waals surface area contributed by atoms with Crippen LogP contribution in [0.15, 0.2) is 12.1 Å². The minimum Gasteiger partial charge on any atom is -0.393 e. The van der Waals surface area contributed by atoms with Crippen molar-refractivity contribution in [1.82, 2.24) is 15.5 Å². The van der Waals surface area contributed by atoms with Gasteiger partial charge in [-0.25, -0.2) is 0 Å². The number of nitrogens with one attached hydrogen (secondary N) is 1. The van der Waals surface area contributed by atoms with E-state index in [4.69, 9.17) is 0 Å². The first-order chi connectivity index (χ1) is 10.7. The van der Waals surface area contributed by atoms with Gasteiger partial charge in [-0.05, 0) is 37.8 Å². The maximum absolute atomic E-state index is 12.1. The van der Waals surface area contributed by atoms with E-state index in [0.29, 0.717) is 12.2 Å². The van der Waals surface area contributed by atoms with Gasteiger partial charge in [-0.1, -0.05) is 12.8 Å². The van der Waals surface area contributed by atoms with Crippen LogP contribution in [0.1, 0.15) is 49.0 Å². The third-order valence-electron chi connectivity index (χ3n) is 4.71. The molecular weight excluding hydrogens is 280 g/mol. The Hall–Kier alpha value is -1.69. The topological polar surface area (TPSA) is 78.4 Å². The second kappa shape index (κ2) is 7.05. The van der Waals surface area contributed by atoms with Crippen molar-refractivity contribution in [3.63, 3.8) is 0 Å². The highest BCUT2D eigenvalue weighted by molar-refractivity contribution is 5.92. The molecule has 1 aromatic rings. The van der Waals surface area contributed by atoms with Crippen molar-refractivity contribution in [3.8, 4) is 0 Å². The lowest BCUT2D eigenvalue weighted by molar-refractivity contribution is 0.0661. The van der Waals surface area contributed by atoms with E-state index in [1.807, 2.05) is 6.07 Å². The number of amides is 1. The van der Waals surface area contributed by atoms with Crippen LogP contribution in [0.5, 0.6) is 0 Å². The standard InChI is InChI=1S/C16H24N4O2/c21-14-6-2-1-5-12(14)11-17-16(22)13-7-8-15(19-18-13)20-9-3-4-10-20/h7-8,12,14,21H,1-6,9-11H2,(H,17,22)/t12-,14+/m1/s1. The number of aliphatic hydroxyl groups excluding tert-OH is 1. The van der Waals surface area contributed by atoms with Gasteiger partial charge in [0, 0.05) is 25.6 Å². The molecule has 1 aliphatic heterocycles. The Morgan fingerprint density at radius 2 is 1.95 bits per heavy atom. The number of hydrogen-bond donors (Lipinski definition) is 2. The van der Waals surface area contributed by atoms with Crippen molar-refractivity contribution in [2.75, 3.05) is 24.5 Å². The molecule has 22 heavy (non-hydrogen) atoms. The molecular formula is C16H24N4O2. The summed E-state index contributed by atoms with van der Waals surface area (Å²) in [6.45, 7) is 2.54. The lowest BCUT2D eigenvalue weighted by Gasteiger charge is -2.27. The van der Waals surface area contributed by atoms with Crippen molar-refractivity contribution < 1.29 is 9.90 Å². The molecule has 6 heteroatoms. The lowest BCUT2D eigenvalue weighted by Crippen LogP contribution is -2.37. The van der Waals surface area contributed by atoms with Crippen LogP contribution in [0.2, 0.25) is 0 Å². The van der Waals surface area contributed by atoms with Gasteiger partial charge in [0.1, 0.15) is 0 Å². The highest BCUT2D eigenvalue weighted by Crippen LogP contribution is 2.23. The number of rotatable bonds is 4. The Kier molecular flexibility index (Phi) is 4.87. The molecule has 1 aliphatic carbocycles. The van der Waals surface area contributed by atoms with E-state index in [1.54, 1.807) is 6.07 Å². The van der Waals surface area contributed by atoms with E-state index >= 15 is 0 Å². The Morgan fingerprint density at radius 1 is 1.18 bits per heavy atom. The van der Waals surface area contributed by atoms with Crippen LogP contribution in [0, 0.1) is 5.92 Å². The van der Waals surface area contributed by atoms with Gasteiger partial charge in [0.05, 0.1) is 6.10 Å². The van der Waals surface area contributed by atoms with Crippen LogP contribution in [-0.2, 0) is 0 Å². The number of anilines is 1. The maximum Gasteiger partial charge on any atom is 0.271 e. The molecule has 0 aromatic carbocycles. The zero-order valence-electron chi connectivity index (χ0n) is 12.9. The fourth-order valence-corrected chi connectivity index (χ4v) is 3.30. The largest absolute Gasteiger partial charge is 0.393 e. The minimum absolute atomic E-state index is 0.162. The summed E-state index contributed by atoms with van der Waals surface area (Å²) in [6.07, 6.45) is 6.10. The van der Waals surface area contributed by atoms with Crippen LogP contribution in [-0.4, -0.2) is 46.9 Å². The number of aromatic nitrogens is 2. The fraction of sp³-hybridized carbons (Fsp3) is 0.688. The molecule has 0 spiro atoms. The summed E-state index contributed by atoms with van der Waals surface area (Å²) >= 11 is 0. The van der Waals surface area contributed by atoms with Crippen molar-refractivity contribution in [2.24, 2.45) is 5.92 Å². The number of nitrogens with zero attached hydrogens (tertiary/aromatic N) is 3. The van der Waals surface area contributed by atoms with Crippen LogP contribution in [0.3, 0.4) is 0 Å². The molecule has 1 aromatic heterocycles. The molecule has 0 unspecified atom stereocenters. The van der Waals surface area contributed by atoms with Gasteiger partial charge in [-0.3, -0.25) is 4.79 Å². The Bertz CT molecular complexity index is 499. The monoisotopic (exact) mass is 304 g/mol. The Morgan fingerprint density at radius 3 is 2.64 bits per heavy atom. The summed E-state index contributed by atoms with van der Waals surface area (Å²) in [7, 11) is 0. The molecule has 0 bridgehead atoms. The van der Waals surface area contributed by atoms with Crippen LogP contribution >= 0.6 is 0 Å². The van der Waals surface area contributed by atoms with Gasteiger partial charge >= 0.3 is 0 Å². The fourth-order valence-electron chi connectivity index (χ4n) is 3.30. The third-order valence-corrected chi connectivity index (χ3v) is 4.71. The average molecular weight is 304 g/mol. The average Bonchev–Trinajstić information content (AvgIpc) is 3.08. The van der Waals surface area contributed by atoms with Crippen molar-refractivity contribution in [3.05, 3.63) is 17.8 Å². The first kappa shape index (κ1) is 15.2. The van der Waals surface area contributed by atoms with Crippen molar-refractivity contribution >= 4 is 11.7 Å². The third kappa shape index (κ3) is 3.55. The van der Waals surface area contributed by atoms with Crippen LogP contribution in [0.25, 0.3) is 0 Å². The molecule has 2 N–H and O–H groups in total. The van der Waals surface area contributed by atoms with Gasteiger partial charge in [0.25, 0.3) is 5.91 Å². The van der Waals surface area contributed by atoms with Crippen molar-refractivity contribution in [2.45, 2.75) is 44.6 Å². The second-order valence-corrected chi connectivity index (χ2v) is 6.29. The molecule has 120 valence electrons. The summed E-state index contributed by atoms with van der Waals surface area (Å²) in [6, 6.07) is 3.59. The highest BCUT2D eigenvalue weighted by atomic mass is 16.3. The number of carbonyl (C=O) groups is 1. The predicted molar refractivity (Wildman–Crippen MR) is 83.8 cm³/mol. The Labute approximate surface area is 130 Å². The first-order valence-corrected chi connectivity index (χ1v) is 8.29. The zero-order chi connectivity index (χ0) is 15.4. The predicted octanol–water partition coefficient (Wildman–Crippen LogP) is 1.36. The molecule has 2 fully saturated rings. The number of aliphatic hydroxyl groups is 1. The smallest absolute Gasteiger partial charge is 0.271 e. The first-order valence-electron chi connectivity index (χ1n) is 8.29. The summed E-state index contributed by atoms with van der Waals surface area (Å²) in [5, 5.41) is 21.0. The van der Waals surface area contributed by atoms with E-state index in [-0.39, 0.29) is 17.9 Å². The molecule has 2 heterocycles. The quantitative estimate of drug-likeness (QED) is 0.878. The van der Waals surface area contributed by atoms with Crippen molar-refractivity contribution in [1.29, 1.82) is 0 Å². The van der Waals surface area contributed by atoms with E-state index < -0.39 is 0 Å². The molecule has 3 rings (SSSR count). The summed E-state index contributed by atoms with van der Waals surface area (Å²) in [4.78, 5) is 14.3. The summed E-state index contributed by atoms with van der Waals surface area (Å²) in [5.74, 6) is 0.796. The highest BCUT2D eigenvalue weighted by Gasteiger charge is 2.23. The second-order valence-electron chi connectivity index (χ2n) is 6.29. The molecule has 1 amide bonds. The van der Waals surface area contributed by atoms with Crippen LogP contribution in [0.4, 0.5) is 5.82 Å². The maximum atomic E-state index is 12.1. The van der Waals surface area contributed by atoms with Gasteiger partial charge in [0.2, 0.25) is 0 Å². The van der Waals surface area contributed by atoms with Gasteiger partial charge < -0.3 is 15.3 Å². The molecule has 2 atom stereocenters. The molecule has 0 radical (unpaired) electrons. The summed E-state index contributed by atoms with van der Waals surface area (Å²) in [5.41, 5.74) is 0.341. The molecule has 6 nitrogen and oxygen atoms in total. The van der Waals surface area contributed by atoms with E-state index in [9.17, 15) is 9.90 Å². The normalized spacial score (nSPS) is 25.2. The van der Waals surface area contributed by atoms with Crippen LogP contribution < -0.4 is 10.2 Å². The molecule has 2 aliphatic rings. The van der Waals surface area contributed by atoms with E-state index in [1.165, 1.54) is 12.8 Å². The Balaban J connectivity index is 1.53. The number of carbonyl (C=O) groups excluding carboxylic acids is 1. The molecule has 1 saturated carbocycles. The minimum atomic E-state index is -0.294.